The monoisotopic (exact) mass is 370 g/mol. The molecule has 0 fully saturated rings. The molecule has 3 aromatic rings. The highest BCUT2D eigenvalue weighted by molar-refractivity contribution is 6.07. The van der Waals surface area contributed by atoms with Gasteiger partial charge in [0.1, 0.15) is 17.3 Å². The fraction of sp³-hybridized carbons (Fsp3) is 0.211. The maximum Gasteiger partial charge on any atom is 0.259 e. The lowest BCUT2D eigenvalue weighted by atomic mass is 10.1. The molecular weight excluding hydrogens is 351 g/mol. The van der Waals surface area contributed by atoms with Crippen molar-refractivity contribution in [3.05, 3.63) is 65.0 Å². The zero-order valence-electron chi connectivity index (χ0n) is 15.2. The van der Waals surface area contributed by atoms with Crippen LogP contribution in [0.3, 0.4) is 0 Å². The number of anilines is 2. The first kappa shape index (κ1) is 18.4. The van der Waals surface area contributed by atoms with Gasteiger partial charge in [0.15, 0.2) is 5.82 Å². The summed E-state index contributed by atoms with van der Waals surface area (Å²) in [7, 11) is 0. The maximum atomic E-state index is 14.0. The highest BCUT2D eigenvalue weighted by Crippen LogP contribution is 2.19. The van der Waals surface area contributed by atoms with Crippen molar-refractivity contribution in [2.75, 3.05) is 10.6 Å². The second kappa shape index (κ2) is 7.45. The number of halogens is 1. The van der Waals surface area contributed by atoms with Crippen molar-refractivity contribution < 1.29 is 18.4 Å². The van der Waals surface area contributed by atoms with Crippen LogP contribution < -0.4 is 10.6 Å². The summed E-state index contributed by atoms with van der Waals surface area (Å²) in [5.41, 5.74) is 0.590. The molecule has 2 N–H and O–H groups in total. The fourth-order valence-electron chi connectivity index (χ4n) is 2.64. The summed E-state index contributed by atoms with van der Waals surface area (Å²) in [4.78, 5) is 24.7. The second-order valence-corrected chi connectivity index (χ2v) is 6.02. The summed E-state index contributed by atoms with van der Waals surface area (Å²) in [5.74, 6) is -0.183. The van der Waals surface area contributed by atoms with Crippen molar-refractivity contribution in [3.63, 3.8) is 0 Å². The number of rotatable bonds is 5. The van der Waals surface area contributed by atoms with E-state index in [1.165, 1.54) is 6.07 Å². The molecule has 0 unspecified atom stereocenters. The Kier molecular flexibility index (Phi) is 5.07. The normalized spacial score (nSPS) is 10.7. The van der Waals surface area contributed by atoms with Gasteiger partial charge in [-0.25, -0.2) is 4.39 Å². The van der Waals surface area contributed by atoms with Crippen LogP contribution in [0.15, 0.2) is 40.9 Å². The summed E-state index contributed by atoms with van der Waals surface area (Å²) in [6, 6.07) is 6.88. The van der Waals surface area contributed by atoms with Gasteiger partial charge < -0.3 is 15.1 Å². The molecule has 0 aliphatic heterocycles. The van der Waals surface area contributed by atoms with Crippen LogP contribution in [0.5, 0.6) is 0 Å². The minimum Gasteiger partial charge on any atom is -0.466 e. The molecule has 2 aromatic heterocycles. The summed E-state index contributed by atoms with van der Waals surface area (Å²) < 4.78 is 20.9. The molecule has 7 nitrogen and oxygen atoms in total. The SMILES string of the molecule is CCn1ccc(NC(=O)c2cc(F)cc(NC(=O)c3cc(C)oc3C)c2)n1. The number of nitrogens with one attached hydrogen (secondary N) is 2. The fourth-order valence-corrected chi connectivity index (χ4v) is 2.64. The van der Waals surface area contributed by atoms with E-state index >= 15 is 0 Å². The van der Waals surface area contributed by atoms with Crippen molar-refractivity contribution in [3.8, 4) is 0 Å². The first-order chi connectivity index (χ1) is 12.9. The van der Waals surface area contributed by atoms with Gasteiger partial charge in [-0.3, -0.25) is 14.3 Å². The van der Waals surface area contributed by atoms with E-state index in [2.05, 4.69) is 15.7 Å². The number of furan rings is 1. The van der Waals surface area contributed by atoms with Gasteiger partial charge in [0.25, 0.3) is 11.8 Å². The second-order valence-electron chi connectivity index (χ2n) is 6.02. The third-order valence-corrected chi connectivity index (χ3v) is 3.91. The Balaban J connectivity index is 1.78. The largest absolute Gasteiger partial charge is 0.466 e. The van der Waals surface area contributed by atoms with Crippen LogP contribution >= 0.6 is 0 Å². The predicted octanol–water partition coefficient (Wildman–Crippen LogP) is 3.76. The molecule has 0 spiro atoms. The predicted molar refractivity (Wildman–Crippen MR) is 98.4 cm³/mol. The number of carbonyl (C=O) groups excluding carboxylic acids is 2. The standard InChI is InChI=1S/C19H19FN4O3/c1-4-24-6-5-17(23-24)22-18(25)13-8-14(20)10-15(9-13)21-19(26)16-7-11(2)27-12(16)3/h5-10H,4H2,1-3H3,(H,21,26)(H,22,23,25). The van der Waals surface area contributed by atoms with Crippen molar-refractivity contribution in [1.29, 1.82) is 0 Å². The maximum absolute atomic E-state index is 14.0. The molecule has 27 heavy (non-hydrogen) atoms. The molecule has 140 valence electrons. The molecule has 2 heterocycles. The van der Waals surface area contributed by atoms with Gasteiger partial charge in [-0.1, -0.05) is 0 Å². The Morgan fingerprint density at radius 2 is 1.93 bits per heavy atom. The van der Waals surface area contributed by atoms with Crippen LogP contribution in [0.25, 0.3) is 0 Å². The average molecular weight is 370 g/mol. The van der Waals surface area contributed by atoms with E-state index < -0.39 is 17.6 Å². The lowest BCUT2D eigenvalue weighted by Gasteiger charge is -2.08. The van der Waals surface area contributed by atoms with Gasteiger partial charge in [0, 0.05) is 30.1 Å². The number of hydrogen-bond acceptors (Lipinski definition) is 4. The third-order valence-electron chi connectivity index (χ3n) is 3.91. The van der Waals surface area contributed by atoms with Crippen LogP contribution in [0.2, 0.25) is 0 Å². The summed E-state index contributed by atoms with van der Waals surface area (Å²) in [6.07, 6.45) is 1.72. The minimum atomic E-state index is -0.642. The number of benzene rings is 1. The Labute approximate surface area is 155 Å². The molecule has 0 radical (unpaired) electrons. The lowest BCUT2D eigenvalue weighted by molar-refractivity contribution is 0.101. The van der Waals surface area contributed by atoms with Gasteiger partial charge in [0.2, 0.25) is 0 Å². The number of aryl methyl sites for hydroxylation is 3. The lowest BCUT2D eigenvalue weighted by Crippen LogP contribution is -2.16. The van der Waals surface area contributed by atoms with E-state index in [9.17, 15) is 14.0 Å². The molecule has 0 aliphatic rings. The van der Waals surface area contributed by atoms with Crippen molar-refractivity contribution in [2.45, 2.75) is 27.3 Å². The molecule has 0 saturated carbocycles. The van der Waals surface area contributed by atoms with Gasteiger partial charge in [0.05, 0.1) is 5.56 Å². The Bertz CT molecular complexity index is 1010. The van der Waals surface area contributed by atoms with Crippen molar-refractivity contribution in [1.82, 2.24) is 9.78 Å². The van der Waals surface area contributed by atoms with Gasteiger partial charge in [-0.2, -0.15) is 5.10 Å². The number of nitrogens with zero attached hydrogens (tertiary/aromatic N) is 2. The summed E-state index contributed by atoms with van der Waals surface area (Å²) in [6.45, 7) is 5.98. The van der Waals surface area contributed by atoms with E-state index in [1.807, 2.05) is 6.92 Å². The van der Waals surface area contributed by atoms with E-state index in [0.717, 1.165) is 12.1 Å². The van der Waals surface area contributed by atoms with Crippen LogP contribution in [-0.4, -0.2) is 21.6 Å². The molecule has 0 atom stereocenters. The van der Waals surface area contributed by atoms with Crippen molar-refractivity contribution in [2.24, 2.45) is 0 Å². The van der Waals surface area contributed by atoms with E-state index in [1.54, 1.807) is 36.9 Å². The zero-order valence-corrected chi connectivity index (χ0v) is 15.2. The summed E-state index contributed by atoms with van der Waals surface area (Å²) in [5, 5.41) is 9.34. The molecule has 2 amide bonds. The Hall–Kier alpha value is -3.42. The highest BCUT2D eigenvalue weighted by Gasteiger charge is 2.16. The van der Waals surface area contributed by atoms with E-state index in [-0.39, 0.29) is 11.3 Å². The van der Waals surface area contributed by atoms with E-state index in [4.69, 9.17) is 4.42 Å². The van der Waals surface area contributed by atoms with Crippen LogP contribution in [0, 0.1) is 19.7 Å². The van der Waals surface area contributed by atoms with Crippen LogP contribution in [0.4, 0.5) is 15.9 Å². The zero-order chi connectivity index (χ0) is 19.6. The van der Waals surface area contributed by atoms with Gasteiger partial charge >= 0.3 is 0 Å². The minimum absolute atomic E-state index is 0.0662. The Morgan fingerprint density at radius 3 is 2.56 bits per heavy atom. The molecule has 0 saturated heterocycles. The topological polar surface area (TPSA) is 89.2 Å². The summed E-state index contributed by atoms with van der Waals surface area (Å²) >= 11 is 0. The molecule has 0 bridgehead atoms. The smallest absolute Gasteiger partial charge is 0.259 e. The average Bonchev–Trinajstić information content (AvgIpc) is 3.19. The number of aromatic nitrogens is 2. The molecule has 0 aliphatic carbocycles. The van der Waals surface area contributed by atoms with Crippen LogP contribution in [-0.2, 0) is 6.54 Å². The first-order valence-corrected chi connectivity index (χ1v) is 8.39. The van der Waals surface area contributed by atoms with Crippen LogP contribution in [0.1, 0.15) is 39.2 Å². The third kappa shape index (κ3) is 4.22. The number of amides is 2. The number of hydrogen-bond donors (Lipinski definition) is 2. The Morgan fingerprint density at radius 1 is 1.15 bits per heavy atom. The molecule has 3 rings (SSSR count). The number of carbonyl (C=O) groups is 2. The van der Waals surface area contributed by atoms with E-state index in [0.29, 0.717) is 29.4 Å². The van der Waals surface area contributed by atoms with Gasteiger partial charge in [-0.05, 0) is 45.0 Å². The molecule has 8 heteroatoms. The van der Waals surface area contributed by atoms with Gasteiger partial charge in [-0.15, -0.1) is 0 Å². The van der Waals surface area contributed by atoms with Crippen molar-refractivity contribution >= 4 is 23.3 Å². The molecular formula is C19H19FN4O3. The molecule has 1 aromatic carbocycles. The quantitative estimate of drug-likeness (QED) is 0.716. The first-order valence-electron chi connectivity index (χ1n) is 8.39. The highest BCUT2D eigenvalue weighted by atomic mass is 19.1.